The highest BCUT2D eigenvalue weighted by Crippen LogP contribution is 2.42. The largest absolute Gasteiger partial charge is 0.320 e. The van der Waals surface area contributed by atoms with Crippen molar-refractivity contribution in [2.45, 2.75) is 18.4 Å². The summed E-state index contributed by atoms with van der Waals surface area (Å²) in [5.41, 5.74) is 5.59. The van der Waals surface area contributed by atoms with Crippen LogP contribution in [-0.2, 0) is 5.54 Å². The lowest BCUT2D eigenvalue weighted by Gasteiger charge is -2.08. The molecule has 1 aromatic rings. The van der Waals surface area contributed by atoms with Crippen molar-refractivity contribution in [1.29, 1.82) is 0 Å². The van der Waals surface area contributed by atoms with Gasteiger partial charge in [-0.25, -0.2) is 4.39 Å². The van der Waals surface area contributed by atoms with Crippen LogP contribution in [0.15, 0.2) is 12.3 Å². The van der Waals surface area contributed by atoms with Crippen molar-refractivity contribution < 1.29 is 4.39 Å². The normalized spacial score (nSPS) is 17.8. The van der Waals surface area contributed by atoms with Gasteiger partial charge in [0.1, 0.15) is 5.82 Å². The lowest BCUT2D eigenvalue weighted by Crippen LogP contribution is -2.21. The summed E-state index contributed by atoms with van der Waals surface area (Å²) in [6.45, 7) is 0. The number of hydrogen-bond acceptors (Lipinski definition) is 2. The average Bonchev–Trinajstić information content (AvgIpc) is 2.68. The van der Waals surface area contributed by atoms with Crippen molar-refractivity contribution in [1.82, 2.24) is 4.98 Å². The van der Waals surface area contributed by atoms with Crippen molar-refractivity contribution in [2.24, 2.45) is 5.73 Å². The van der Waals surface area contributed by atoms with Gasteiger partial charge in [0, 0.05) is 6.20 Å². The third kappa shape index (κ3) is 1.93. The van der Waals surface area contributed by atoms with Gasteiger partial charge in [0.15, 0.2) is 0 Å². The molecule has 0 bridgehead atoms. The number of hydrogen-bond donors (Lipinski definition) is 1. The maximum absolute atomic E-state index is 13.2. The third-order valence-electron chi connectivity index (χ3n) is 2.07. The van der Waals surface area contributed by atoms with E-state index in [1.165, 1.54) is 12.3 Å². The number of pyridine rings is 1. The van der Waals surface area contributed by atoms with Crippen LogP contribution in [0.5, 0.6) is 0 Å². The van der Waals surface area contributed by atoms with Crippen LogP contribution in [0.1, 0.15) is 18.5 Å². The molecule has 1 aromatic heterocycles. The van der Waals surface area contributed by atoms with E-state index in [1.54, 1.807) is 0 Å². The highest BCUT2D eigenvalue weighted by Gasteiger charge is 2.43. The van der Waals surface area contributed by atoms with Gasteiger partial charge in [0.25, 0.3) is 0 Å². The fourth-order valence-electron chi connectivity index (χ4n) is 1.15. The van der Waals surface area contributed by atoms with E-state index in [1.807, 2.05) is 0 Å². The van der Waals surface area contributed by atoms with Crippen molar-refractivity contribution in [3.8, 4) is 0 Å². The van der Waals surface area contributed by atoms with Crippen molar-refractivity contribution in [2.75, 3.05) is 0 Å². The first-order chi connectivity index (χ1) is 5.62. The molecule has 1 heterocycles. The molecule has 2 rings (SSSR count). The Morgan fingerprint density at radius 1 is 1.54 bits per heavy atom. The fourth-order valence-corrected chi connectivity index (χ4v) is 1.30. The van der Waals surface area contributed by atoms with E-state index in [4.69, 9.17) is 17.3 Å². The number of nitrogens with two attached hydrogens (primary N) is 1. The first-order valence-corrected chi connectivity index (χ1v) is 4.10. The van der Waals surface area contributed by atoms with Gasteiger partial charge in [-0.3, -0.25) is 4.98 Å². The Balaban J connectivity index is 0.000000845. The molecule has 13 heavy (non-hydrogen) atoms. The van der Waals surface area contributed by atoms with Crippen LogP contribution >= 0.6 is 24.0 Å². The number of aromatic nitrogens is 1. The maximum Gasteiger partial charge on any atom is 0.148 e. The fraction of sp³-hybridized carbons (Fsp3) is 0.375. The number of rotatable bonds is 1. The van der Waals surface area contributed by atoms with Gasteiger partial charge in [-0.05, 0) is 18.9 Å². The van der Waals surface area contributed by atoms with E-state index in [0.717, 1.165) is 12.8 Å². The predicted octanol–water partition coefficient (Wildman–Crippen LogP) is 2.24. The molecule has 0 aromatic carbocycles. The number of halogens is 3. The first-order valence-electron chi connectivity index (χ1n) is 3.72. The molecule has 0 spiro atoms. The van der Waals surface area contributed by atoms with Crippen LogP contribution in [0.25, 0.3) is 0 Å². The van der Waals surface area contributed by atoms with Crippen LogP contribution in [0, 0.1) is 5.82 Å². The van der Waals surface area contributed by atoms with Gasteiger partial charge in [0.2, 0.25) is 0 Å². The van der Waals surface area contributed by atoms with Gasteiger partial charge in [0.05, 0.1) is 16.3 Å². The van der Waals surface area contributed by atoms with Crippen LogP contribution in [0.3, 0.4) is 0 Å². The predicted molar refractivity (Wildman–Crippen MR) is 51.6 cm³/mol. The smallest absolute Gasteiger partial charge is 0.148 e. The molecular weight excluding hydrogens is 214 g/mol. The second-order valence-electron chi connectivity index (χ2n) is 3.14. The Bertz CT molecular complexity index is 326. The van der Waals surface area contributed by atoms with E-state index >= 15 is 0 Å². The van der Waals surface area contributed by atoms with Crippen molar-refractivity contribution in [3.05, 3.63) is 28.8 Å². The van der Waals surface area contributed by atoms with Gasteiger partial charge in [-0.2, -0.15) is 0 Å². The molecule has 2 nitrogen and oxygen atoms in total. The summed E-state index contributed by atoms with van der Waals surface area (Å²) in [5, 5.41) is 0.306. The zero-order chi connectivity index (χ0) is 8.77. The van der Waals surface area contributed by atoms with Gasteiger partial charge in [-0.15, -0.1) is 12.4 Å². The molecule has 0 atom stereocenters. The van der Waals surface area contributed by atoms with E-state index in [2.05, 4.69) is 4.98 Å². The molecular formula is C8H9Cl2FN2. The Kier molecular flexibility index (Phi) is 2.80. The van der Waals surface area contributed by atoms with Crippen molar-refractivity contribution in [3.63, 3.8) is 0 Å². The first kappa shape index (κ1) is 10.7. The lowest BCUT2D eigenvalue weighted by molar-refractivity contribution is 0.561. The highest BCUT2D eigenvalue weighted by atomic mass is 35.5. The maximum atomic E-state index is 13.2. The summed E-state index contributed by atoms with van der Waals surface area (Å²) in [4.78, 5) is 3.88. The van der Waals surface area contributed by atoms with E-state index in [-0.39, 0.29) is 12.4 Å². The molecule has 0 radical (unpaired) electrons. The molecule has 0 saturated heterocycles. The molecule has 1 aliphatic carbocycles. The van der Waals surface area contributed by atoms with Gasteiger partial charge in [-0.1, -0.05) is 11.6 Å². The molecule has 1 aliphatic rings. The lowest BCUT2D eigenvalue weighted by atomic mass is 10.1. The Morgan fingerprint density at radius 3 is 2.62 bits per heavy atom. The molecule has 5 heteroatoms. The topological polar surface area (TPSA) is 38.9 Å². The average molecular weight is 223 g/mol. The zero-order valence-corrected chi connectivity index (χ0v) is 8.33. The second-order valence-corrected chi connectivity index (χ2v) is 3.58. The monoisotopic (exact) mass is 222 g/mol. The summed E-state index contributed by atoms with van der Waals surface area (Å²) in [6.07, 6.45) is 3.03. The Hall–Kier alpha value is -0.380. The van der Waals surface area contributed by atoms with Crippen molar-refractivity contribution >= 4 is 24.0 Å². The van der Waals surface area contributed by atoms with E-state index < -0.39 is 11.4 Å². The van der Waals surface area contributed by atoms with E-state index in [0.29, 0.717) is 10.7 Å². The molecule has 1 saturated carbocycles. The number of nitrogens with zero attached hydrogens (tertiary/aromatic N) is 1. The Labute approximate surface area is 86.7 Å². The summed E-state index contributed by atoms with van der Waals surface area (Å²) in [7, 11) is 0. The summed E-state index contributed by atoms with van der Waals surface area (Å²) >= 11 is 5.54. The molecule has 72 valence electrons. The standard InChI is InChI=1S/C8H8ClFN2.ClH/c9-5-3-6(10)7(12-4-5)8(11)1-2-8;/h3-4H,1-2,11H2;1H. The minimum Gasteiger partial charge on any atom is -0.320 e. The molecule has 0 amide bonds. The van der Waals surface area contributed by atoms with E-state index in [9.17, 15) is 4.39 Å². The highest BCUT2D eigenvalue weighted by molar-refractivity contribution is 6.30. The Morgan fingerprint density at radius 2 is 2.15 bits per heavy atom. The van der Waals surface area contributed by atoms with Crippen LogP contribution in [0.4, 0.5) is 4.39 Å². The van der Waals surface area contributed by atoms with Crippen LogP contribution < -0.4 is 5.73 Å². The quantitative estimate of drug-likeness (QED) is 0.792. The summed E-state index contributed by atoms with van der Waals surface area (Å²) < 4.78 is 13.2. The SMILES string of the molecule is Cl.NC1(c2ncc(Cl)cc2F)CC1. The van der Waals surface area contributed by atoms with Crippen LogP contribution in [-0.4, -0.2) is 4.98 Å². The third-order valence-corrected chi connectivity index (χ3v) is 2.27. The summed E-state index contributed by atoms with van der Waals surface area (Å²) in [6, 6.07) is 1.25. The second kappa shape index (κ2) is 3.40. The molecule has 1 fully saturated rings. The molecule has 2 N–H and O–H groups in total. The van der Waals surface area contributed by atoms with Crippen LogP contribution in [0.2, 0.25) is 5.02 Å². The molecule has 0 unspecified atom stereocenters. The van der Waals surface area contributed by atoms with Gasteiger partial charge >= 0.3 is 0 Å². The minimum atomic E-state index is -0.519. The summed E-state index contributed by atoms with van der Waals surface area (Å²) in [5.74, 6) is -0.400. The minimum absolute atomic E-state index is 0. The molecule has 0 aliphatic heterocycles. The zero-order valence-electron chi connectivity index (χ0n) is 6.76. The van der Waals surface area contributed by atoms with Gasteiger partial charge < -0.3 is 5.73 Å².